The van der Waals surface area contributed by atoms with E-state index < -0.39 is 5.79 Å². The van der Waals surface area contributed by atoms with Gasteiger partial charge in [0.05, 0.1) is 19.8 Å². The Balaban J connectivity index is 2.34. The fourth-order valence-corrected chi connectivity index (χ4v) is 2.24. The third-order valence-electron chi connectivity index (χ3n) is 3.13. The van der Waals surface area contributed by atoms with E-state index in [0.717, 1.165) is 5.56 Å². The van der Waals surface area contributed by atoms with Crippen LogP contribution >= 0.6 is 0 Å². The Morgan fingerprint density at radius 2 is 1.71 bits per heavy atom. The SMILES string of the molecule is Cc1cc(C)cc(C2(CN)OCC(C)CO2)c1. The average molecular weight is 235 g/mol. The van der Waals surface area contributed by atoms with Crippen LogP contribution in [0, 0.1) is 19.8 Å². The molecule has 3 heteroatoms. The van der Waals surface area contributed by atoms with Crippen molar-refractivity contribution in [2.24, 2.45) is 11.7 Å². The maximum atomic E-state index is 5.88. The summed E-state index contributed by atoms with van der Waals surface area (Å²) in [6.07, 6.45) is 0. The minimum atomic E-state index is -0.747. The molecule has 0 spiro atoms. The summed E-state index contributed by atoms with van der Waals surface area (Å²) in [5.74, 6) is -0.316. The lowest BCUT2D eigenvalue weighted by Gasteiger charge is -2.39. The zero-order valence-corrected chi connectivity index (χ0v) is 10.8. The fourth-order valence-electron chi connectivity index (χ4n) is 2.24. The van der Waals surface area contributed by atoms with E-state index in [-0.39, 0.29) is 0 Å². The Bertz CT molecular complexity index is 375. The number of rotatable bonds is 2. The normalized spacial score (nSPS) is 29.3. The molecule has 1 aliphatic rings. The van der Waals surface area contributed by atoms with Crippen LogP contribution in [0.4, 0.5) is 0 Å². The lowest BCUT2D eigenvalue weighted by Crippen LogP contribution is -2.46. The van der Waals surface area contributed by atoms with E-state index in [1.807, 2.05) is 0 Å². The Labute approximate surface area is 103 Å². The Morgan fingerprint density at radius 1 is 1.18 bits per heavy atom. The molecule has 0 aromatic heterocycles. The summed E-state index contributed by atoms with van der Waals surface area (Å²) in [7, 11) is 0. The van der Waals surface area contributed by atoms with Gasteiger partial charge in [-0.2, -0.15) is 0 Å². The first-order valence-corrected chi connectivity index (χ1v) is 6.12. The molecule has 3 nitrogen and oxygen atoms in total. The van der Waals surface area contributed by atoms with Crippen LogP contribution in [0.25, 0.3) is 0 Å². The molecule has 0 saturated carbocycles. The van der Waals surface area contributed by atoms with E-state index in [1.54, 1.807) is 0 Å². The van der Waals surface area contributed by atoms with Crippen molar-refractivity contribution in [1.29, 1.82) is 0 Å². The molecule has 1 heterocycles. The van der Waals surface area contributed by atoms with Gasteiger partial charge in [-0.15, -0.1) is 0 Å². The molecule has 0 aliphatic carbocycles. The van der Waals surface area contributed by atoms with E-state index in [0.29, 0.717) is 25.7 Å². The van der Waals surface area contributed by atoms with Crippen LogP contribution in [0.15, 0.2) is 18.2 Å². The number of benzene rings is 1. The molecule has 0 unspecified atom stereocenters. The van der Waals surface area contributed by atoms with Crippen molar-refractivity contribution in [3.63, 3.8) is 0 Å². The number of hydrogen-bond donors (Lipinski definition) is 1. The molecule has 0 bridgehead atoms. The second-order valence-corrected chi connectivity index (χ2v) is 5.06. The monoisotopic (exact) mass is 235 g/mol. The molecular weight excluding hydrogens is 214 g/mol. The third-order valence-corrected chi connectivity index (χ3v) is 3.13. The second-order valence-electron chi connectivity index (χ2n) is 5.06. The van der Waals surface area contributed by atoms with Gasteiger partial charge in [0.1, 0.15) is 0 Å². The highest BCUT2D eigenvalue weighted by atomic mass is 16.7. The van der Waals surface area contributed by atoms with E-state index in [4.69, 9.17) is 15.2 Å². The quantitative estimate of drug-likeness (QED) is 0.853. The molecule has 0 atom stereocenters. The number of aryl methyl sites for hydroxylation is 2. The predicted octanol–water partition coefficient (Wildman–Crippen LogP) is 2.10. The van der Waals surface area contributed by atoms with Gasteiger partial charge in [0.2, 0.25) is 5.79 Å². The maximum Gasteiger partial charge on any atom is 0.207 e. The standard InChI is InChI=1S/C14H21NO2/c1-10-4-11(2)6-13(5-10)14(9-15)16-7-12(3)8-17-14/h4-6,12H,7-9,15H2,1-3H3. The van der Waals surface area contributed by atoms with Gasteiger partial charge in [-0.25, -0.2) is 0 Å². The summed E-state index contributed by atoms with van der Waals surface area (Å²) >= 11 is 0. The van der Waals surface area contributed by atoms with Crippen molar-refractivity contribution in [1.82, 2.24) is 0 Å². The van der Waals surface area contributed by atoms with Gasteiger partial charge in [0.15, 0.2) is 0 Å². The molecule has 0 radical (unpaired) electrons. The summed E-state index contributed by atoms with van der Waals surface area (Å²) in [6, 6.07) is 6.32. The molecule has 1 aromatic carbocycles. The molecule has 0 amide bonds. The number of hydrogen-bond acceptors (Lipinski definition) is 3. The minimum Gasteiger partial charge on any atom is -0.344 e. The van der Waals surface area contributed by atoms with E-state index >= 15 is 0 Å². The predicted molar refractivity (Wildman–Crippen MR) is 67.7 cm³/mol. The van der Waals surface area contributed by atoms with Crippen molar-refractivity contribution < 1.29 is 9.47 Å². The van der Waals surface area contributed by atoms with E-state index in [9.17, 15) is 0 Å². The number of nitrogens with two attached hydrogens (primary N) is 1. The van der Waals surface area contributed by atoms with Crippen molar-refractivity contribution >= 4 is 0 Å². The molecule has 2 N–H and O–H groups in total. The van der Waals surface area contributed by atoms with Gasteiger partial charge in [0.25, 0.3) is 0 Å². The average Bonchev–Trinajstić information content (AvgIpc) is 2.29. The molecule has 1 aliphatic heterocycles. The van der Waals surface area contributed by atoms with Gasteiger partial charge < -0.3 is 15.2 Å². The highest BCUT2D eigenvalue weighted by Crippen LogP contribution is 2.32. The van der Waals surface area contributed by atoms with Crippen molar-refractivity contribution in [2.45, 2.75) is 26.6 Å². The Morgan fingerprint density at radius 3 is 2.18 bits per heavy atom. The van der Waals surface area contributed by atoms with Crippen LogP contribution in [-0.4, -0.2) is 19.8 Å². The van der Waals surface area contributed by atoms with Gasteiger partial charge in [-0.05, 0) is 13.8 Å². The summed E-state index contributed by atoms with van der Waals surface area (Å²) in [5.41, 5.74) is 9.31. The van der Waals surface area contributed by atoms with Gasteiger partial charge in [0, 0.05) is 11.5 Å². The minimum absolute atomic E-state index is 0.350. The van der Waals surface area contributed by atoms with Gasteiger partial charge in [-0.3, -0.25) is 0 Å². The molecule has 2 rings (SSSR count). The molecule has 1 saturated heterocycles. The van der Waals surface area contributed by atoms with Crippen LogP contribution < -0.4 is 5.73 Å². The summed E-state index contributed by atoms with van der Waals surface area (Å²) in [5, 5.41) is 0. The van der Waals surface area contributed by atoms with Gasteiger partial charge >= 0.3 is 0 Å². The lowest BCUT2D eigenvalue weighted by atomic mass is 9.99. The molecule has 17 heavy (non-hydrogen) atoms. The third kappa shape index (κ3) is 2.51. The highest BCUT2D eigenvalue weighted by Gasteiger charge is 2.37. The summed E-state index contributed by atoms with van der Waals surface area (Å²) in [6.45, 7) is 8.01. The molecule has 94 valence electrons. The first kappa shape index (κ1) is 12.6. The van der Waals surface area contributed by atoms with E-state index in [2.05, 4.69) is 39.0 Å². The van der Waals surface area contributed by atoms with Crippen molar-refractivity contribution in [3.05, 3.63) is 34.9 Å². The summed E-state index contributed by atoms with van der Waals surface area (Å²) in [4.78, 5) is 0. The molecule has 1 aromatic rings. The van der Waals surface area contributed by atoms with E-state index in [1.165, 1.54) is 11.1 Å². The largest absolute Gasteiger partial charge is 0.344 e. The van der Waals surface area contributed by atoms with Crippen LogP contribution in [0.3, 0.4) is 0 Å². The Hall–Kier alpha value is -0.900. The molecular formula is C14H21NO2. The smallest absolute Gasteiger partial charge is 0.207 e. The second kappa shape index (κ2) is 4.77. The zero-order chi connectivity index (χ0) is 12.5. The van der Waals surface area contributed by atoms with Crippen LogP contribution in [0.2, 0.25) is 0 Å². The molecule has 1 fully saturated rings. The lowest BCUT2D eigenvalue weighted by molar-refractivity contribution is -0.284. The topological polar surface area (TPSA) is 44.5 Å². The number of ether oxygens (including phenoxy) is 2. The highest BCUT2D eigenvalue weighted by molar-refractivity contribution is 5.32. The van der Waals surface area contributed by atoms with Crippen molar-refractivity contribution in [2.75, 3.05) is 19.8 Å². The van der Waals surface area contributed by atoms with Crippen LogP contribution in [0.1, 0.15) is 23.6 Å². The zero-order valence-electron chi connectivity index (χ0n) is 10.8. The first-order valence-electron chi connectivity index (χ1n) is 6.12. The summed E-state index contributed by atoms with van der Waals surface area (Å²) < 4.78 is 11.8. The Kier molecular flexibility index (Phi) is 3.52. The fraction of sp³-hybridized carbons (Fsp3) is 0.571. The van der Waals surface area contributed by atoms with Crippen molar-refractivity contribution in [3.8, 4) is 0 Å². The first-order chi connectivity index (χ1) is 8.05. The van der Waals surface area contributed by atoms with Gasteiger partial charge in [-0.1, -0.05) is 36.2 Å². The van der Waals surface area contributed by atoms with Crippen LogP contribution in [0.5, 0.6) is 0 Å². The van der Waals surface area contributed by atoms with Crippen LogP contribution in [-0.2, 0) is 15.3 Å². The maximum absolute atomic E-state index is 5.88.